The Morgan fingerprint density at radius 1 is 1.56 bits per heavy atom. The number of rotatable bonds is 0. The maximum absolute atomic E-state index is 5.18. The van der Waals surface area contributed by atoms with Crippen molar-refractivity contribution >= 4 is 0 Å². The van der Waals surface area contributed by atoms with E-state index >= 15 is 0 Å². The summed E-state index contributed by atoms with van der Waals surface area (Å²) < 4.78 is 10.2. The molecule has 1 rings (SSSR count). The molecule has 2 heteroatoms. The van der Waals surface area contributed by atoms with Gasteiger partial charge >= 0.3 is 0 Å². The quantitative estimate of drug-likeness (QED) is 0.492. The van der Waals surface area contributed by atoms with E-state index in [0.29, 0.717) is 11.9 Å². The van der Waals surface area contributed by atoms with Gasteiger partial charge in [0.2, 0.25) is 0 Å². The number of hydrogen-bond acceptors (Lipinski definition) is 2. The van der Waals surface area contributed by atoms with E-state index in [9.17, 15) is 0 Å². The second-order valence-electron chi connectivity index (χ2n) is 2.48. The average Bonchev–Trinajstić information content (AvgIpc) is 1.80. The molecular weight excluding hydrogens is 116 g/mol. The maximum atomic E-state index is 5.18. The van der Waals surface area contributed by atoms with Crippen LogP contribution in [0.15, 0.2) is 12.5 Å². The number of ether oxygens (including phenoxy) is 2. The van der Waals surface area contributed by atoms with E-state index in [1.807, 2.05) is 6.92 Å². The predicted molar refractivity (Wildman–Crippen MR) is 34.8 cm³/mol. The molecule has 0 aromatic heterocycles. The molecule has 2 nitrogen and oxygen atoms in total. The molecule has 0 amide bonds. The van der Waals surface area contributed by atoms with Crippen molar-refractivity contribution in [3.8, 4) is 0 Å². The number of hydrogen-bond donors (Lipinski definition) is 0. The van der Waals surface area contributed by atoms with Gasteiger partial charge in [0, 0.05) is 5.92 Å². The molecule has 1 saturated heterocycles. The van der Waals surface area contributed by atoms with E-state index < -0.39 is 0 Å². The molecule has 9 heavy (non-hydrogen) atoms. The lowest BCUT2D eigenvalue weighted by Gasteiger charge is -2.28. The fraction of sp³-hybridized carbons (Fsp3) is 0.714. The first-order chi connectivity index (χ1) is 4.20. The Bertz CT molecular complexity index is 120. The minimum absolute atomic E-state index is 0.256. The molecule has 0 bridgehead atoms. The van der Waals surface area contributed by atoms with Crippen molar-refractivity contribution in [3.05, 3.63) is 12.5 Å². The molecule has 0 aromatic rings. The lowest BCUT2D eigenvalue weighted by molar-refractivity contribution is -0.0874. The minimum atomic E-state index is 0.256. The van der Waals surface area contributed by atoms with Gasteiger partial charge in [-0.3, -0.25) is 0 Å². The van der Waals surface area contributed by atoms with Gasteiger partial charge in [0.05, 0.1) is 6.61 Å². The Balaban J connectivity index is 2.44. The van der Waals surface area contributed by atoms with Gasteiger partial charge < -0.3 is 9.47 Å². The third-order valence-corrected chi connectivity index (χ3v) is 1.63. The van der Waals surface area contributed by atoms with Crippen molar-refractivity contribution in [2.45, 2.75) is 20.0 Å². The normalized spacial score (nSPS) is 35.1. The third-order valence-electron chi connectivity index (χ3n) is 1.63. The highest BCUT2D eigenvalue weighted by atomic mass is 16.7. The van der Waals surface area contributed by atoms with Crippen molar-refractivity contribution in [1.29, 1.82) is 0 Å². The SMILES string of the molecule is C=C1OC[C@@H](C)[C@@H](C)O1. The van der Waals surface area contributed by atoms with Gasteiger partial charge in [0.15, 0.2) is 0 Å². The Morgan fingerprint density at radius 2 is 2.22 bits per heavy atom. The fourth-order valence-electron chi connectivity index (χ4n) is 0.717. The van der Waals surface area contributed by atoms with Gasteiger partial charge in [-0.05, 0) is 13.5 Å². The van der Waals surface area contributed by atoms with Crippen LogP contribution in [0, 0.1) is 5.92 Å². The molecule has 0 aromatic carbocycles. The minimum Gasteiger partial charge on any atom is -0.465 e. The van der Waals surface area contributed by atoms with Crippen LogP contribution in [0.3, 0.4) is 0 Å². The zero-order valence-corrected chi connectivity index (χ0v) is 5.89. The monoisotopic (exact) mass is 128 g/mol. The summed E-state index contributed by atoms with van der Waals surface area (Å²) in [6.07, 6.45) is 0.256. The highest BCUT2D eigenvalue weighted by Crippen LogP contribution is 2.18. The first kappa shape index (κ1) is 6.46. The van der Waals surface area contributed by atoms with Crippen molar-refractivity contribution < 1.29 is 9.47 Å². The lowest BCUT2D eigenvalue weighted by Crippen LogP contribution is -2.28. The lowest BCUT2D eigenvalue weighted by atomic mass is 10.1. The van der Waals surface area contributed by atoms with Crippen LogP contribution in [0.5, 0.6) is 0 Å². The van der Waals surface area contributed by atoms with Crippen LogP contribution >= 0.6 is 0 Å². The summed E-state index contributed by atoms with van der Waals surface area (Å²) in [7, 11) is 0. The van der Waals surface area contributed by atoms with Crippen LogP contribution in [-0.2, 0) is 9.47 Å². The first-order valence-corrected chi connectivity index (χ1v) is 3.18. The zero-order valence-electron chi connectivity index (χ0n) is 5.89. The molecule has 1 aliphatic rings. The summed E-state index contributed by atoms with van der Waals surface area (Å²) in [5.74, 6) is 0.941. The summed E-state index contributed by atoms with van der Waals surface area (Å²) in [5, 5.41) is 0. The highest BCUT2D eigenvalue weighted by molar-refractivity contribution is 4.78. The Labute approximate surface area is 55.5 Å². The summed E-state index contributed by atoms with van der Waals surface area (Å²) in [5.41, 5.74) is 0. The Hall–Kier alpha value is -0.660. The van der Waals surface area contributed by atoms with E-state index in [-0.39, 0.29) is 6.10 Å². The van der Waals surface area contributed by atoms with E-state index in [2.05, 4.69) is 13.5 Å². The largest absolute Gasteiger partial charge is 0.465 e. The summed E-state index contributed by atoms with van der Waals surface area (Å²) in [6, 6.07) is 0. The standard InChI is InChI=1S/C7H12O2/c1-5-4-8-7(3)9-6(5)2/h5-6H,3-4H2,1-2H3/t5-,6-/m1/s1. The van der Waals surface area contributed by atoms with E-state index in [0.717, 1.165) is 6.61 Å². The topological polar surface area (TPSA) is 18.5 Å². The molecule has 0 saturated carbocycles. The molecular formula is C7H12O2. The molecule has 1 fully saturated rings. The Kier molecular flexibility index (Phi) is 1.65. The highest BCUT2D eigenvalue weighted by Gasteiger charge is 2.20. The van der Waals surface area contributed by atoms with Gasteiger partial charge in [0.1, 0.15) is 6.10 Å². The van der Waals surface area contributed by atoms with Crippen molar-refractivity contribution in [2.75, 3.05) is 6.61 Å². The van der Waals surface area contributed by atoms with Gasteiger partial charge in [0.25, 0.3) is 5.95 Å². The van der Waals surface area contributed by atoms with Gasteiger partial charge in [-0.1, -0.05) is 6.92 Å². The average molecular weight is 128 g/mol. The zero-order chi connectivity index (χ0) is 6.85. The molecule has 0 N–H and O–H groups in total. The van der Waals surface area contributed by atoms with Crippen molar-refractivity contribution in [1.82, 2.24) is 0 Å². The van der Waals surface area contributed by atoms with Crippen LogP contribution in [0.1, 0.15) is 13.8 Å². The maximum Gasteiger partial charge on any atom is 0.271 e. The van der Waals surface area contributed by atoms with Crippen molar-refractivity contribution in [2.24, 2.45) is 5.92 Å². The summed E-state index contributed by atoms with van der Waals surface area (Å²) in [6.45, 7) is 8.41. The van der Waals surface area contributed by atoms with Crippen LogP contribution in [0.25, 0.3) is 0 Å². The van der Waals surface area contributed by atoms with Gasteiger partial charge in [-0.25, -0.2) is 0 Å². The predicted octanol–water partition coefficient (Wildman–Crippen LogP) is 1.53. The van der Waals surface area contributed by atoms with E-state index in [1.165, 1.54) is 0 Å². The fourth-order valence-corrected chi connectivity index (χ4v) is 0.717. The second-order valence-corrected chi connectivity index (χ2v) is 2.48. The molecule has 1 heterocycles. The second kappa shape index (κ2) is 2.29. The molecule has 0 unspecified atom stereocenters. The van der Waals surface area contributed by atoms with Gasteiger partial charge in [-0.2, -0.15) is 0 Å². The van der Waals surface area contributed by atoms with Gasteiger partial charge in [-0.15, -0.1) is 0 Å². The molecule has 52 valence electrons. The molecule has 0 aliphatic carbocycles. The van der Waals surface area contributed by atoms with E-state index in [4.69, 9.17) is 9.47 Å². The molecule has 0 radical (unpaired) electrons. The van der Waals surface area contributed by atoms with Crippen LogP contribution in [0.2, 0.25) is 0 Å². The third kappa shape index (κ3) is 1.37. The molecule has 0 spiro atoms. The van der Waals surface area contributed by atoms with E-state index in [1.54, 1.807) is 0 Å². The Morgan fingerprint density at radius 3 is 2.67 bits per heavy atom. The van der Waals surface area contributed by atoms with Crippen molar-refractivity contribution in [3.63, 3.8) is 0 Å². The van der Waals surface area contributed by atoms with Crippen LogP contribution in [-0.4, -0.2) is 12.7 Å². The van der Waals surface area contributed by atoms with Crippen LogP contribution < -0.4 is 0 Å². The first-order valence-electron chi connectivity index (χ1n) is 3.18. The summed E-state index contributed by atoms with van der Waals surface area (Å²) in [4.78, 5) is 0. The molecule has 1 aliphatic heterocycles. The van der Waals surface area contributed by atoms with Crippen LogP contribution in [0.4, 0.5) is 0 Å². The summed E-state index contributed by atoms with van der Waals surface area (Å²) >= 11 is 0. The molecule has 2 atom stereocenters. The smallest absolute Gasteiger partial charge is 0.271 e.